The predicted octanol–water partition coefficient (Wildman–Crippen LogP) is -0.284. The Morgan fingerprint density at radius 2 is 1.86 bits per heavy atom. The highest BCUT2D eigenvalue weighted by Gasteiger charge is 2.20. The van der Waals surface area contributed by atoms with Crippen LogP contribution in [0.2, 0.25) is 0 Å². The summed E-state index contributed by atoms with van der Waals surface area (Å²) in [6, 6.07) is 0. The van der Waals surface area contributed by atoms with Crippen LogP contribution in [0.15, 0.2) is 0 Å². The van der Waals surface area contributed by atoms with E-state index in [0.29, 0.717) is 24.6 Å². The Balaban J connectivity index is 2.10. The topological polar surface area (TPSA) is 49.4 Å². The lowest BCUT2D eigenvalue weighted by Gasteiger charge is -2.26. The lowest BCUT2D eigenvalue weighted by molar-refractivity contribution is 0.294. The molecule has 1 aliphatic heterocycles. The van der Waals surface area contributed by atoms with E-state index in [-0.39, 0.29) is 0 Å². The molecule has 0 atom stereocenters. The number of nitrogens with zero attached hydrogens (tertiary/aromatic N) is 1. The van der Waals surface area contributed by atoms with E-state index in [4.69, 9.17) is 0 Å². The molecule has 0 radical (unpaired) electrons. The van der Waals surface area contributed by atoms with Gasteiger partial charge >= 0.3 is 0 Å². The van der Waals surface area contributed by atoms with Crippen molar-refractivity contribution in [2.24, 2.45) is 0 Å². The fourth-order valence-corrected chi connectivity index (χ4v) is 2.79. The molecule has 14 heavy (non-hydrogen) atoms. The van der Waals surface area contributed by atoms with Gasteiger partial charge in [0.05, 0.1) is 11.5 Å². The molecule has 0 unspecified atom stereocenters. The summed E-state index contributed by atoms with van der Waals surface area (Å²) < 4.78 is 22.3. The summed E-state index contributed by atoms with van der Waals surface area (Å²) in [5, 5.41) is 3.31. The Bertz CT molecular complexity index is 238. The van der Waals surface area contributed by atoms with Crippen molar-refractivity contribution in [1.29, 1.82) is 0 Å². The largest absolute Gasteiger partial charge is 0.315 e. The van der Waals surface area contributed by atoms with Gasteiger partial charge < -0.3 is 10.2 Å². The molecule has 1 rings (SSSR count). The van der Waals surface area contributed by atoms with E-state index in [9.17, 15) is 8.42 Å². The molecular formula is C9H20N2O2S. The maximum atomic E-state index is 11.1. The molecule has 0 spiro atoms. The SMILES string of the molecule is CCCNCCN1CCS(=O)(=O)CC1. The Hall–Kier alpha value is -0.130. The molecule has 1 N–H and O–H groups in total. The first-order valence-electron chi connectivity index (χ1n) is 5.27. The van der Waals surface area contributed by atoms with Crippen molar-refractivity contribution < 1.29 is 8.42 Å². The highest BCUT2D eigenvalue weighted by molar-refractivity contribution is 7.91. The van der Waals surface area contributed by atoms with E-state index in [1.54, 1.807) is 0 Å². The molecule has 0 bridgehead atoms. The summed E-state index contributed by atoms with van der Waals surface area (Å²) in [6.45, 7) is 6.53. The lowest BCUT2D eigenvalue weighted by atomic mass is 10.4. The lowest BCUT2D eigenvalue weighted by Crippen LogP contribution is -2.43. The fraction of sp³-hybridized carbons (Fsp3) is 1.00. The number of sulfone groups is 1. The molecule has 1 fully saturated rings. The van der Waals surface area contributed by atoms with Gasteiger partial charge in [0.25, 0.3) is 0 Å². The van der Waals surface area contributed by atoms with Crippen molar-refractivity contribution >= 4 is 9.84 Å². The smallest absolute Gasteiger partial charge is 0.152 e. The first kappa shape index (κ1) is 11.9. The van der Waals surface area contributed by atoms with Crippen molar-refractivity contribution in [3.63, 3.8) is 0 Å². The van der Waals surface area contributed by atoms with E-state index < -0.39 is 9.84 Å². The van der Waals surface area contributed by atoms with Gasteiger partial charge in [0.2, 0.25) is 0 Å². The summed E-state index contributed by atoms with van der Waals surface area (Å²) in [7, 11) is -2.71. The quantitative estimate of drug-likeness (QED) is 0.647. The molecule has 1 saturated heterocycles. The van der Waals surface area contributed by atoms with Gasteiger partial charge in [-0.1, -0.05) is 6.92 Å². The third-order valence-corrected chi connectivity index (χ3v) is 4.08. The van der Waals surface area contributed by atoms with Crippen molar-refractivity contribution in [3.8, 4) is 0 Å². The second kappa shape index (κ2) is 5.68. The molecule has 0 amide bonds. The molecule has 5 heteroatoms. The highest BCUT2D eigenvalue weighted by atomic mass is 32.2. The Morgan fingerprint density at radius 1 is 1.21 bits per heavy atom. The number of hydrogen-bond acceptors (Lipinski definition) is 4. The Morgan fingerprint density at radius 3 is 2.43 bits per heavy atom. The third kappa shape index (κ3) is 4.39. The van der Waals surface area contributed by atoms with Gasteiger partial charge in [0.1, 0.15) is 0 Å². The maximum Gasteiger partial charge on any atom is 0.152 e. The van der Waals surface area contributed by atoms with Crippen LogP contribution in [0.1, 0.15) is 13.3 Å². The van der Waals surface area contributed by atoms with Crippen LogP contribution in [0.4, 0.5) is 0 Å². The van der Waals surface area contributed by atoms with Crippen molar-refractivity contribution in [2.45, 2.75) is 13.3 Å². The molecule has 0 aromatic rings. The summed E-state index contributed by atoms with van der Waals surface area (Å²) >= 11 is 0. The van der Waals surface area contributed by atoms with Crippen LogP contribution in [0, 0.1) is 0 Å². The molecule has 0 aromatic heterocycles. The maximum absolute atomic E-state index is 11.1. The van der Waals surface area contributed by atoms with Crippen LogP contribution >= 0.6 is 0 Å². The average Bonchev–Trinajstić information content (AvgIpc) is 2.15. The van der Waals surface area contributed by atoms with Crippen LogP contribution in [-0.4, -0.2) is 57.5 Å². The molecule has 84 valence electrons. The van der Waals surface area contributed by atoms with Crippen molar-refractivity contribution in [3.05, 3.63) is 0 Å². The molecule has 0 aromatic carbocycles. The summed E-state index contributed by atoms with van der Waals surface area (Å²) in [5.74, 6) is 0.668. The minimum atomic E-state index is -2.71. The van der Waals surface area contributed by atoms with Crippen LogP contribution in [0.25, 0.3) is 0 Å². The van der Waals surface area contributed by atoms with Gasteiger partial charge in [-0.2, -0.15) is 0 Å². The van der Waals surface area contributed by atoms with Gasteiger partial charge in [-0.15, -0.1) is 0 Å². The third-order valence-electron chi connectivity index (χ3n) is 2.47. The number of hydrogen-bond donors (Lipinski definition) is 1. The molecule has 1 aliphatic rings. The molecular weight excluding hydrogens is 200 g/mol. The monoisotopic (exact) mass is 220 g/mol. The van der Waals surface area contributed by atoms with Gasteiger partial charge in [-0.3, -0.25) is 0 Å². The standard InChI is InChI=1S/C9H20N2O2S/c1-2-3-10-4-5-11-6-8-14(12,13)9-7-11/h10H,2-9H2,1H3. The Labute approximate surface area is 86.6 Å². The van der Waals surface area contributed by atoms with E-state index >= 15 is 0 Å². The second-order valence-electron chi connectivity index (χ2n) is 3.74. The predicted molar refractivity (Wildman–Crippen MR) is 58.3 cm³/mol. The molecule has 4 nitrogen and oxygen atoms in total. The summed E-state index contributed by atoms with van der Waals surface area (Å²) in [5.41, 5.74) is 0. The normalized spacial score (nSPS) is 22.4. The average molecular weight is 220 g/mol. The molecule has 0 saturated carbocycles. The van der Waals surface area contributed by atoms with E-state index in [1.165, 1.54) is 0 Å². The van der Waals surface area contributed by atoms with Gasteiger partial charge in [-0.05, 0) is 13.0 Å². The second-order valence-corrected chi connectivity index (χ2v) is 6.05. The van der Waals surface area contributed by atoms with Gasteiger partial charge in [0, 0.05) is 26.2 Å². The minimum absolute atomic E-state index is 0.334. The first-order valence-corrected chi connectivity index (χ1v) is 7.09. The van der Waals surface area contributed by atoms with Gasteiger partial charge in [-0.25, -0.2) is 8.42 Å². The highest BCUT2D eigenvalue weighted by Crippen LogP contribution is 2.02. The Kier molecular flexibility index (Phi) is 4.84. The number of nitrogens with one attached hydrogen (secondary N) is 1. The van der Waals surface area contributed by atoms with E-state index in [2.05, 4.69) is 17.1 Å². The van der Waals surface area contributed by atoms with Crippen molar-refractivity contribution in [1.82, 2.24) is 10.2 Å². The molecule has 1 heterocycles. The van der Waals surface area contributed by atoms with Crippen LogP contribution < -0.4 is 5.32 Å². The van der Waals surface area contributed by atoms with E-state index in [0.717, 1.165) is 26.1 Å². The first-order chi connectivity index (χ1) is 6.64. The summed E-state index contributed by atoms with van der Waals surface area (Å²) in [4.78, 5) is 2.21. The van der Waals surface area contributed by atoms with Crippen LogP contribution in [0.5, 0.6) is 0 Å². The van der Waals surface area contributed by atoms with Crippen LogP contribution in [0.3, 0.4) is 0 Å². The fourth-order valence-electron chi connectivity index (χ4n) is 1.51. The zero-order chi connectivity index (χ0) is 10.4. The number of rotatable bonds is 5. The van der Waals surface area contributed by atoms with Crippen LogP contribution in [-0.2, 0) is 9.84 Å². The minimum Gasteiger partial charge on any atom is -0.315 e. The zero-order valence-corrected chi connectivity index (χ0v) is 9.65. The van der Waals surface area contributed by atoms with Gasteiger partial charge in [0.15, 0.2) is 9.84 Å². The van der Waals surface area contributed by atoms with E-state index in [1.807, 2.05) is 0 Å². The molecule has 0 aliphatic carbocycles. The van der Waals surface area contributed by atoms with Crippen molar-refractivity contribution in [2.75, 3.05) is 44.2 Å². The summed E-state index contributed by atoms with van der Waals surface area (Å²) in [6.07, 6.45) is 1.15. The zero-order valence-electron chi connectivity index (χ0n) is 8.83.